The van der Waals surface area contributed by atoms with Gasteiger partial charge < -0.3 is 10.1 Å². The molecule has 1 aliphatic heterocycles. The largest absolute Gasteiger partial charge is 0.495 e. The molecule has 3 rings (SSSR count). The third-order valence-electron chi connectivity index (χ3n) is 3.99. The molecular weight excluding hydrogens is 479 g/mol. The van der Waals surface area contributed by atoms with Crippen molar-refractivity contribution >= 4 is 63.4 Å². The van der Waals surface area contributed by atoms with Gasteiger partial charge in [0.15, 0.2) is 0 Å². The highest BCUT2D eigenvalue weighted by atomic mass is 127. The number of para-hydroxylation sites is 2. The molecule has 0 aromatic heterocycles. The highest BCUT2D eigenvalue weighted by Crippen LogP contribution is 2.30. The highest BCUT2D eigenvalue weighted by molar-refractivity contribution is 14.1. The normalized spacial score (nSPS) is 16.5. The van der Waals surface area contributed by atoms with Crippen LogP contribution in [0.3, 0.4) is 0 Å². The first-order valence-corrected chi connectivity index (χ1v) is 10.3. The molecule has 0 aliphatic carbocycles. The third kappa shape index (κ3) is 4.62. The molecule has 3 amide bonds. The Kier molecular flexibility index (Phi) is 6.38. The van der Waals surface area contributed by atoms with Crippen LogP contribution in [-0.4, -0.2) is 35.8 Å². The van der Waals surface area contributed by atoms with Gasteiger partial charge in [0.2, 0.25) is 17.7 Å². The van der Waals surface area contributed by atoms with Crippen LogP contribution in [0.2, 0.25) is 0 Å². The average Bonchev–Trinajstić information content (AvgIpc) is 2.95. The molecular formula is C19H17IN2O4S. The summed E-state index contributed by atoms with van der Waals surface area (Å²) in [6.07, 6.45) is 0.0947. The van der Waals surface area contributed by atoms with Gasteiger partial charge in [-0.3, -0.25) is 14.4 Å². The van der Waals surface area contributed by atoms with Gasteiger partial charge in [-0.2, -0.15) is 0 Å². The number of ether oxygens (including phenoxy) is 1. The molecule has 1 N–H and O–H groups in total. The zero-order valence-corrected chi connectivity index (χ0v) is 17.5. The molecule has 140 valence electrons. The molecule has 1 fully saturated rings. The molecule has 1 aliphatic rings. The number of nitrogens with one attached hydrogen (secondary N) is 1. The number of amides is 3. The fourth-order valence-corrected chi connectivity index (χ4v) is 4.00. The number of halogens is 1. The Morgan fingerprint density at radius 3 is 2.63 bits per heavy atom. The molecule has 6 nitrogen and oxygen atoms in total. The number of anilines is 2. The van der Waals surface area contributed by atoms with Gasteiger partial charge >= 0.3 is 0 Å². The minimum atomic E-state index is -0.555. The molecule has 1 atom stereocenters. The number of carbonyl (C=O) groups is 3. The lowest BCUT2D eigenvalue weighted by atomic mass is 10.3. The van der Waals surface area contributed by atoms with Gasteiger partial charge in [0.25, 0.3) is 0 Å². The first-order chi connectivity index (χ1) is 13.0. The molecule has 0 saturated carbocycles. The van der Waals surface area contributed by atoms with Gasteiger partial charge in [-0.15, -0.1) is 11.8 Å². The van der Waals surface area contributed by atoms with E-state index in [1.165, 1.54) is 23.8 Å². The number of benzene rings is 2. The van der Waals surface area contributed by atoms with E-state index in [4.69, 9.17) is 4.74 Å². The van der Waals surface area contributed by atoms with Crippen LogP contribution in [0.15, 0.2) is 48.5 Å². The molecule has 0 radical (unpaired) electrons. The van der Waals surface area contributed by atoms with Gasteiger partial charge in [-0.1, -0.05) is 12.1 Å². The molecule has 0 spiro atoms. The summed E-state index contributed by atoms with van der Waals surface area (Å²) >= 11 is 3.33. The average molecular weight is 496 g/mol. The summed E-state index contributed by atoms with van der Waals surface area (Å²) in [5, 5.41) is 2.21. The summed E-state index contributed by atoms with van der Waals surface area (Å²) in [6.45, 7) is 0. The molecule has 0 bridgehead atoms. The van der Waals surface area contributed by atoms with E-state index in [1.54, 1.807) is 30.3 Å². The highest BCUT2D eigenvalue weighted by Gasteiger charge is 2.40. The number of rotatable bonds is 6. The van der Waals surface area contributed by atoms with Crippen molar-refractivity contribution in [1.82, 2.24) is 0 Å². The fourth-order valence-electron chi connectivity index (χ4n) is 2.71. The first-order valence-electron chi connectivity index (χ1n) is 8.16. The van der Waals surface area contributed by atoms with Crippen molar-refractivity contribution in [2.24, 2.45) is 0 Å². The zero-order chi connectivity index (χ0) is 19.4. The van der Waals surface area contributed by atoms with E-state index in [2.05, 4.69) is 27.9 Å². The van der Waals surface area contributed by atoms with Gasteiger partial charge in [0.1, 0.15) is 5.75 Å². The van der Waals surface area contributed by atoms with E-state index in [1.807, 2.05) is 18.2 Å². The minimum Gasteiger partial charge on any atom is -0.495 e. The topological polar surface area (TPSA) is 75.7 Å². The van der Waals surface area contributed by atoms with E-state index < -0.39 is 5.25 Å². The van der Waals surface area contributed by atoms with E-state index in [-0.39, 0.29) is 29.9 Å². The molecule has 1 unspecified atom stereocenters. The second-order valence-electron chi connectivity index (χ2n) is 5.80. The van der Waals surface area contributed by atoms with Crippen molar-refractivity contribution < 1.29 is 19.1 Å². The second-order valence-corrected chi connectivity index (χ2v) is 8.23. The Balaban J connectivity index is 1.60. The number of thioether (sulfide) groups is 1. The molecule has 1 saturated heterocycles. The maximum Gasteiger partial charge on any atom is 0.247 e. The lowest BCUT2D eigenvalue weighted by molar-refractivity contribution is -0.121. The first kappa shape index (κ1) is 19.7. The maximum atomic E-state index is 12.6. The summed E-state index contributed by atoms with van der Waals surface area (Å²) in [6, 6.07) is 14.3. The summed E-state index contributed by atoms with van der Waals surface area (Å²) in [7, 11) is 1.53. The smallest absolute Gasteiger partial charge is 0.247 e. The van der Waals surface area contributed by atoms with Crippen LogP contribution in [0.25, 0.3) is 0 Å². The van der Waals surface area contributed by atoms with Gasteiger partial charge in [-0.05, 0) is 59.0 Å². The lowest BCUT2D eigenvalue weighted by Crippen LogP contribution is -2.31. The number of hydrogen-bond donors (Lipinski definition) is 1. The fraction of sp³-hybridized carbons (Fsp3) is 0.211. The van der Waals surface area contributed by atoms with Gasteiger partial charge in [0.05, 0.1) is 29.5 Å². The number of hydrogen-bond acceptors (Lipinski definition) is 5. The van der Waals surface area contributed by atoms with Gasteiger partial charge in [0, 0.05) is 9.99 Å². The predicted molar refractivity (Wildman–Crippen MR) is 114 cm³/mol. The van der Waals surface area contributed by atoms with E-state index in [0.29, 0.717) is 17.1 Å². The van der Waals surface area contributed by atoms with E-state index >= 15 is 0 Å². The monoisotopic (exact) mass is 496 g/mol. The summed E-state index contributed by atoms with van der Waals surface area (Å²) in [5.74, 6) is -0.145. The number of carbonyl (C=O) groups excluding carboxylic acids is 3. The van der Waals surface area contributed by atoms with Crippen LogP contribution in [0.5, 0.6) is 5.75 Å². The summed E-state index contributed by atoms with van der Waals surface area (Å²) in [5.41, 5.74) is 1.13. The van der Waals surface area contributed by atoms with Crippen molar-refractivity contribution in [2.75, 3.05) is 23.1 Å². The van der Waals surface area contributed by atoms with E-state index in [9.17, 15) is 14.4 Å². The van der Waals surface area contributed by atoms with Crippen LogP contribution in [-0.2, 0) is 14.4 Å². The standard InChI is InChI=1S/C19H17IN2O4S/c1-26-15-5-3-2-4-14(15)21-17(23)11-27-16-10-18(24)22(19(16)25)13-8-6-12(20)7-9-13/h2-9,16H,10-11H2,1H3,(H,21,23). The zero-order valence-electron chi connectivity index (χ0n) is 14.5. The van der Waals surface area contributed by atoms with Crippen molar-refractivity contribution in [3.63, 3.8) is 0 Å². The van der Waals surface area contributed by atoms with Crippen molar-refractivity contribution in [3.8, 4) is 5.75 Å². The Hall–Kier alpha value is -2.07. The molecule has 2 aromatic carbocycles. The van der Waals surface area contributed by atoms with Crippen LogP contribution in [0.4, 0.5) is 11.4 Å². The molecule has 27 heavy (non-hydrogen) atoms. The number of nitrogens with zero attached hydrogens (tertiary/aromatic N) is 1. The lowest BCUT2D eigenvalue weighted by Gasteiger charge is -2.15. The molecule has 2 aromatic rings. The second kappa shape index (κ2) is 8.75. The Labute approximate surface area is 174 Å². The quantitative estimate of drug-likeness (QED) is 0.491. The van der Waals surface area contributed by atoms with Crippen molar-refractivity contribution in [2.45, 2.75) is 11.7 Å². The van der Waals surface area contributed by atoms with Crippen LogP contribution in [0.1, 0.15) is 6.42 Å². The third-order valence-corrected chi connectivity index (χ3v) is 5.91. The Morgan fingerprint density at radius 1 is 1.22 bits per heavy atom. The summed E-state index contributed by atoms with van der Waals surface area (Å²) in [4.78, 5) is 38.3. The van der Waals surface area contributed by atoms with Crippen molar-refractivity contribution in [3.05, 3.63) is 52.1 Å². The van der Waals surface area contributed by atoms with Crippen LogP contribution >= 0.6 is 34.4 Å². The Bertz CT molecular complexity index is 872. The Morgan fingerprint density at radius 2 is 1.93 bits per heavy atom. The number of imide groups is 1. The number of methoxy groups -OCH3 is 1. The summed E-state index contributed by atoms with van der Waals surface area (Å²) < 4.78 is 6.22. The SMILES string of the molecule is COc1ccccc1NC(=O)CSC1CC(=O)N(c2ccc(I)cc2)C1=O. The molecule has 8 heteroatoms. The van der Waals surface area contributed by atoms with Crippen LogP contribution in [0, 0.1) is 3.57 Å². The van der Waals surface area contributed by atoms with Crippen molar-refractivity contribution in [1.29, 1.82) is 0 Å². The maximum absolute atomic E-state index is 12.6. The van der Waals surface area contributed by atoms with Crippen LogP contribution < -0.4 is 15.0 Å². The minimum absolute atomic E-state index is 0.0717. The van der Waals surface area contributed by atoms with E-state index in [0.717, 1.165) is 3.57 Å². The van der Waals surface area contributed by atoms with Gasteiger partial charge in [-0.25, -0.2) is 4.90 Å². The molecule has 1 heterocycles. The predicted octanol–water partition coefficient (Wildman–Crippen LogP) is 3.30.